The first-order valence-electron chi connectivity index (χ1n) is 8.91. The van der Waals surface area contributed by atoms with Crippen molar-refractivity contribution >= 4 is 11.8 Å². The lowest BCUT2D eigenvalue weighted by molar-refractivity contribution is 0.248. The summed E-state index contributed by atoms with van der Waals surface area (Å²) in [6.45, 7) is 4.11. The van der Waals surface area contributed by atoms with E-state index in [2.05, 4.69) is 15.2 Å². The van der Waals surface area contributed by atoms with Gasteiger partial charge in [-0.2, -0.15) is 4.98 Å². The van der Waals surface area contributed by atoms with Gasteiger partial charge in [0.1, 0.15) is 5.82 Å². The van der Waals surface area contributed by atoms with Crippen LogP contribution in [0.4, 0.5) is 11.8 Å². The van der Waals surface area contributed by atoms with Gasteiger partial charge >= 0.3 is 0 Å². The number of nitrogens with zero attached hydrogens (tertiary/aromatic N) is 3. The number of nitrogens with two attached hydrogens (primary N) is 1. The van der Waals surface area contributed by atoms with Crippen LogP contribution in [0.2, 0.25) is 0 Å². The molecule has 3 aliphatic rings. The van der Waals surface area contributed by atoms with Crippen LogP contribution in [-0.2, 0) is 11.8 Å². The molecule has 0 unspecified atom stereocenters. The molecule has 0 aromatic carbocycles. The predicted molar refractivity (Wildman–Crippen MR) is 89.2 cm³/mol. The Morgan fingerprint density at radius 3 is 2.45 bits per heavy atom. The Hall–Kier alpha value is -1.36. The standard InChI is InChI=1S/C17H27N5/c18-16-20-14-13(15(21-16)22-11-9-19-10-12-22)5-4-8-17(14)6-2-1-3-7-17/h19H,1-12H2,(H2,18,20,21). The molecule has 0 amide bonds. The predicted octanol–water partition coefficient (Wildman–Crippen LogP) is 2.01. The molecule has 0 radical (unpaired) electrons. The normalized spacial score (nSPS) is 24.3. The van der Waals surface area contributed by atoms with Crippen LogP contribution in [0.1, 0.15) is 56.2 Å². The summed E-state index contributed by atoms with van der Waals surface area (Å²) in [5.41, 5.74) is 9.12. The molecule has 4 rings (SSSR count). The number of anilines is 2. The van der Waals surface area contributed by atoms with Crippen LogP contribution in [-0.4, -0.2) is 36.1 Å². The highest BCUT2D eigenvalue weighted by Gasteiger charge is 2.40. The molecule has 1 aromatic rings. The second-order valence-electron chi connectivity index (χ2n) is 7.16. The van der Waals surface area contributed by atoms with Crippen LogP contribution in [0.15, 0.2) is 0 Å². The third-order valence-corrected chi connectivity index (χ3v) is 5.81. The maximum atomic E-state index is 6.11. The zero-order valence-electron chi connectivity index (χ0n) is 13.4. The number of nitrogens with one attached hydrogen (secondary N) is 1. The quantitative estimate of drug-likeness (QED) is 0.830. The van der Waals surface area contributed by atoms with Crippen molar-refractivity contribution in [3.8, 4) is 0 Å². The van der Waals surface area contributed by atoms with Crippen LogP contribution in [0.25, 0.3) is 0 Å². The van der Waals surface area contributed by atoms with Crippen molar-refractivity contribution in [1.82, 2.24) is 15.3 Å². The molecular weight excluding hydrogens is 274 g/mol. The summed E-state index contributed by atoms with van der Waals surface area (Å²) in [4.78, 5) is 11.8. The van der Waals surface area contributed by atoms with Crippen LogP contribution in [0, 0.1) is 0 Å². The molecule has 1 aromatic heterocycles. The number of hydrogen-bond acceptors (Lipinski definition) is 5. The first-order valence-corrected chi connectivity index (χ1v) is 8.91. The highest BCUT2D eigenvalue weighted by molar-refractivity contribution is 5.55. The van der Waals surface area contributed by atoms with Gasteiger partial charge < -0.3 is 16.0 Å². The molecule has 0 atom stereocenters. The van der Waals surface area contributed by atoms with E-state index in [0.717, 1.165) is 38.4 Å². The molecule has 22 heavy (non-hydrogen) atoms. The average molecular weight is 301 g/mol. The summed E-state index contributed by atoms with van der Waals surface area (Å²) in [7, 11) is 0. The maximum Gasteiger partial charge on any atom is 0.222 e. The lowest BCUT2D eigenvalue weighted by atomic mass is 9.64. The highest BCUT2D eigenvalue weighted by atomic mass is 15.2. The largest absolute Gasteiger partial charge is 0.368 e. The summed E-state index contributed by atoms with van der Waals surface area (Å²) >= 11 is 0. The second-order valence-corrected chi connectivity index (χ2v) is 7.16. The molecule has 120 valence electrons. The topological polar surface area (TPSA) is 67.1 Å². The van der Waals surface area contributed by atoms with Crippen LogP contribution in [0.5, 0.6) is 0 Å². The lowest BCUT2D eigenvalue weighted by Crippen LogP contribution is -2.45. The van der Waals surface area contributed by atoms with E-state index in [1.54, 1.807) is 0 Å². The summed E-state index contributed by atoms with van der Waals surface area (Å²) < 4.78 is 0. The zero-order chi connectivity index (χ0) is 15.0. The average Bonchev–Trinajstić information content (AvgIpc) is 2.57. The van der Waals surface area contributed by atoms with Gasteiger partial charge in [-0.25, -0.2) is 4.98 Å². The van der Waals surface area contributed by atoms with Gasteiger partial charge in [-0.15, -0.1) is 0 Å². The Morgan fingerprint density at radius 2 is 1.68 bits per heavy atom. The first kappa shape index (κ1) is 14.2. The van der Waals surface area contributed by atoms with E-state index in [9.17, 15) is 0 Å². The van der Waals surface area contributed by atoms with Crippen molar-refractivity contribution in [2.45, 2.75) is 56.8 Å². The fourth-order valence-electron chi connectivity index (χ4n) is 4.73. The minimum atomic E-state index is 0.297. The van der Waals surface area contributed by atoms with Gasteiger partial charge in [0.2, 0.25) is 5.95 Å². The monoisotopic (exact) mass is 301 g/mol. The third kappa shape index (κ3) is 2.35. The minimum absolute atomic E-state index is 0.297. The van der Waals surface area contributed by atoms with Crippen molar-refractivity contribution in [2.24, 2.45) is 0 Å². The number of aromatic nitrogens is 2. The highest BCUT2D eigenvalue weighted by Crippen LogP contribution is 2.48. The number of nitrogen functional groups attached to an aromatic ring is 1. The van der Waals surface area contributed by atoms with E-state index in [1.165, 1.54) is 56.2 Å². The summed E-state index contributed by atoms with van der Waals surface area (Å²) in [6.07, 6.45) is 10.3. The fourth-order valence-corrected chi connectivity index (χ4v) is 4.73. The van der Waals surface area contributed by atoms with E-state index >= 15 is 0 Å². The molecule has 3 N–H and O–H groups in total. The van der Waals surface area contributed by atoms with E-state index in [-0.39, 0.29) is 0 Å². The lowest BCUT2D eigenvalue weighted by Gasteiger charge is -2.42. The fraction of sp³-hybridized carbons (Fsp3) is 0.765. The summed E-state index contributed by atoms with van der Waals surface area (Å²) in [5.74, 6) is 1.60. The Kier molecular flexibility index (Phi) is 3.68. The van der Waals surface area contributed by atoms with Crippen molar-refractivity contribution in [2.75, 3.05) is 36.8 Å². The SMILES string of the molecule is Nc1nc(N2CCNCC2)c2c(n1)C1(CCCCC1)CCC2. The second kappa shape index (κ2) is 5.69. The van der Waals surface area contributed by atoms with Crippen LogP contribution in [0.3, 0.4) is 0 Å². The summed E-state index contributed by atoms with van der Waals surface area (Å²) in [5, 5.41) is 3.42. The molecule has 2 fully saturated rings. The molecule has 0 bridgehead atoms. The Bertz CT molecular complexity index is 544. The molecule has 1 saturated carbocycles. The molecule has 5 heteroatoms. The van der Waals surface area contributed by atoms with E-state index < -0.39 is 0 Å². The number of rotatable bonds is 1. The van der Waals surface area contributed by atoms with Gasteiger partial charge in [0.05, 0.1) is 5.69 Å². The molecule has 1 spiro atoms. The van der Waals surface area contributed by atoms with Crippen molar-refractivity contribution in [3.05, 3.63) is 11.3 Å². The van der Waals surface area contributed by atoms with Gasteiger partial charge in [0, 0.05) is 37.2 Å². The molecule has 5 nitrogen and oxygen atoms in total. The first-order chi connectivity index (χ1) is 10.8. The molecule has 2 heterocycles. The van der Waals surface area contributed by atoms with E-state index in [4.69, 9.17) is 10.7 Å². The van der Waals surface area contributed by atoms with E-state index in [0.29, 0.717) is 11.4 Å². The van der Waals surface area contributed by atoms with Gasteiger partial charge in [-0.1, -0.05) is 19.3 Å². The number of piperazine rings is 1. The molecule has 2 aliphatic carbocycles. The zero-order valence-corrected chi connectivity index (χ0v) is 13.4. The van der Waals surface area contributed by atoms with Crippen molar-refractivity contribution in [1.29, 1.82) is 0 Å². The van der Waals surface area contributed by atoms with Gasteiger partial charge in [0.15, 0.2) is 0 Å². The minimum Gasteiger partial charge on any atom is -0.368 e. The Balaban J connectivity index is 1.78. The Morgan fingerprint density at radius 1 is 0.955 bits per heavy atom. The van der Waals surface area contributed by atoms with Crippen LogP contribution < -0.4 is 16.0 Å². The summed E-state index contributed by atoms with van der Waals surface area (Å²) in [6, 6.07) is 0. The van der Waals surface area contributed by atoms with E-state index in [1.807, 2.05) is 0 Å². The number of hydrogen-bond donors (Lipinski definition) is 2. The van der Waals surface area contributed by atoms with Crippen LogP contribution >= 0.6 is 0 Å². The third-order valence-electron chi connectivity index (χ3n) is 5.81. The van der Waals surface area contributed by atoms with Gasteiger partial charge in [-0.3, -0.25) is 0 Å². The molecule has 1 saturated heterocycles. The maximum absolute atomic E-state index is 6.11. The van der Waals surface area contributed by atoms with Crippen molar-refractivity contribution < 1.29 is 0 Å². The Labute approximate surface area is 132 Å². The van der Waals surface area contributed by atoms with Gasteiger partial charge in [0.25, 0.3) is 0 Å². The smallest absolute Gasteiger partial charge is 0.222 e. The van der Waals surface area contributed by atoms with Crippen molar-refractivity contribution in [3.63, 3.8) is 0 Å². The molecular formula is C17H27N5. The number of fused-ring (bicyclic) bond motifs is 2. The van der Waals surface area contributed by atoms with Gasteiger partial charge in [-0.05, 0) is 32.1 Å². The molecule has 1 aliphatic heterocycles.